The molecule has 0 spiro atoms. The number of sulfonamides is 1. The molecule has 1 aliphatic heterocycles. The fraction of sp³-hybridized carbons (Fsp3) is 0.650. The van der Waals surface area contributed by atoms with E-state index in [0.29, 0.717) is 11.6 Å². The van der Waals surface area contributed by atoms with Crippen molar-refractivity contribution in [2.45, 2.75) is 61.9 Å². The average Bonchev–Trinajstić information content (AvgIpc) is 3.22. The number of rotatable bonds is 6. The smallest absolute Gasteiger partial charge is 0.240 e. The highest BCUT2D eigenvalue weighted by atomic mass is 32.2. The van der Waals surface area contributed by atoms with Crippen molar-refractivity contribution < 1.29 is 13.2 Å². The molecule has 1 aliphatic carbocycles. The fourth-order valence-electron chi connectivity index (χ4n) is 4.54. The molecule has 0 bridgehead atoms. The summed E-state index contributed by atoms with van der Waals surface area (Å²) in [5, 5.41) is 0. The average molecular weight is 394 g/mol. The second kappa shape index (κ2) is 8.71. The Morgan fingerprint density at radius 2 is 1.81 bits per heavy atom. The first kappa shape index (κ1) is 20.3. The van der Waals surface area contributed by atoms with Gasteiger partial charge in [-0.25, -0.2) is 13.1 Å². The molecule has 0 aromatic heterocycles. The summed E-state index contributed by atoms with van der Waals surface area (Å²) in [5.74, 6) is -0.00940. The fourth-order valence-corrected chi connectivity index (χ4v) is 5.50. The zero-order valence-electron chi connectivity index (χ0n) is 16.4. The number of hydrogen-bond acceptors (Lipinski definition) is 4. The minimum Gasteiger partial charge on any atom is -0.341 e. The van der Waals surface area contributed by atoms with Gasteiger partial charge in [-0.05, 0) is 57.5 Å². The van der Waals surface area contributed by atoms with Crippen molar-refractivity contribution in [2.75, 3.05) is 27.2 Å². The zero-order valence-corrected chi connectivity index (χ0v) is 17.2. The summed E-state index contributed by atoms with van der Waals surface area (Å²) in [7, 11) is -0.301. The van der Waals surface area contributed by atoms with E-state index < -0.39 is 10.0 Å². The zero-order chi connectivity index (χ0) is 19.4. The van der Waals surface area contributed by atoms with Gasteiger partial charge in [0.25, 0.3) is 0 Å². The highest BCUT2D eigenvalue weighted by molar-refractivity contribution is 7.89. The van der Waals surface area contributed by atoms with E-state index in [0.717, 1.165) is 32.4 Å². The molecular weight excluding hydrogens is 362 g/mol. The van der Waals surface area contributed by atoms with E-state index in [4.69, 9.17) is 0 Å². The first-order valence-electron chi connectivity index (χ1n) is 9.95. The normalized spacial score (nSPS) is 24.1. The largest absolute Gasteiger partial charge is 0.341 e. The molecule has 1 aromatic rings. The Morgan fingerprint density at radius 1 is 1.15 bits per heavy atom. The number of carbonyl (C=O) groups is 1. The van der Waals surface area contributed by atoms with Crippen molar-refractivity contribution >= 4 is 15.9 Å². The third-order valence-electron chi connectivity index (χ3n) is 6.07. The first-order valence-corrected chi connectivity index (χ1v) is 11.4. The molecule has 2 aliphatic rings. The molecule has 1 N–H and O–H groups in total. The third-order valence-corrected chi connectivity index (χ3v) is 7.58. The van der Waals surface area contributed by atoms with Gasteiger partial charge >= 0.3 is 0 Å². The molecule has 1 amide bonds. The minimum atomic E-state index is -3.58. The number of benzene rings is 1. The van der Waals surface area contributed by atoms with Crippen molar-refractivity contribution in [2.24, 2.45) is 0 Å². The van der Waals surface area contributed by atoms with Crippen LogP contribution in [0.15, 0.2) is 29.2 Å². The molecule has 2 fully saturated rings. The lowest BCUT2D eigenvalue weighted by molar-refractivity contribution is -0.133. The highest BCUT2D eigenvalue weighted by Gasteiger charge is 2.35. The molecule has 1 saturated heterocycles. The molecule has 0 unspecified atom stereocenters. The van der Waals surface area contributed by atoms with Gasteiger partial charge in [-0.1, -0.05) is 31.0 Å². The monoisotopic (exact) mass is 393 g/mol. The van der Waals surface area contributed by atoms with Crippen LogP contribution in [-0.4, -0.2) is 63.4 Å². The molecule has 6 nitrogen and oxygen atoms in total. The maximum Gasteiger partial charge on any atom is 0.240 e. The van der Waals surface area contributed by atoms with E-state index in [2.05, 4.69) is 9.62 Å². The lowest BCUT2D eigenvalue weighted by Crippen LogP contribution is -2.53. The molecule has 0 radical (unpaired) electrons. The Balaban J connectivity index is 1.76. The molecule has 1 saturated carbocycles. The summed E-state index contributed by atoms with van der Waals surface area (Å²) < 4.78 is 26.9. The Hall–Kier alpha value is -1.44. The second-order valence-electron chi connectivity index (χ2n) is 7.66. The Kier molecular flexibility index (Phi) is 6.55. The predicted molar refractivity (Wildman–Crippen MR) is 106 cm³/mol. The van der Waals surface area contributed by atoms with Crippen LogP contribution in [0, 0.1) is 0 Å². The Bertz CT molecular complexity index is 759. The summed E-state index contributed by atoms with van der Waals surface area (Å²) in [6.45, 7) is 2.26. The molecule has 1 heterocycles. The van der Waals surface area contributed by atoms with E-state index in [1.165, 1.54) is 26.3 Å². The van der Waals surface area contributed by atoms with Crippen molar-refractivity contribution in [3.8, 4) is 0 Å². The maximum atomic E-state index is 13.0. The molecule has 1 aromatic carbocycles. The van der Waals surface area contributed by atoms with Crippen LogP contribution in [0.4, 0.5) is 0 Å². The van der Waals surface area contributed by atoms with E-state index in [1.807, 2.05) is 11.9 Å². The van der Waals surface area contributed by atoms with Gasteiger partial charge in [0.1, 0.15) is 0 Å². The van der Waals surface area contributed by atoms with Crippen molar-refractivity contribution in [1.82, 2.24) is 14.5 Å². The third kappa shape index (κ3) is 4.52. The van der Waals surface area contributed by atoms with Gasteiger partial charge in [0.15, 0.2) is 0 Å². The number of nitrogens with one attached hydrogen (secondary N) is 1. The minimum absolute atomic E-state index is 0.00940. The number of likely N-dealkylation sites (N-methyl/N-ethyl adjacent to an activating group) is 1. The van der Waals surface area contributed by atoms with E-state index in [1.54, 1.807) is 24.3 Å². The molecule has 3 rings (SSSR count). The van der Waals surface area contributed by atoms with E-state index in [9.17, 15) is 13.2 Å². The Labute approximate surface area is 163 Å². The lowest BCUT2D eigenvalue weighted by atomic mass is 9.88. The number of nitrogens with zero attached hydrogens (tertiary/aromatic N) is 2. The summed E-state index contributed by atoms with van der Waals surface area (Å²) in [6.07, 6.45) is 7.15. The van der Waals surface area contributed by atoms with Gasteiger partial charge in [-0.2, -0.15) is 0 Å². The quantitative estimate of drug-likeness (QED) is 0.803. The molecule has 27 heavy (non-hydrogen) atoms. The van der Waals surface area contributed by atoms with Crippen LogP contribution < -0.4 is 4.72 Å². The van der Waals surface area contributed by atoms with Crippen LogP contribution in [0.5, 0.6) is 0 Å². The van der Waals surface area contributed by atoms with Crippen LogP contribution in [0.3, 0.4) is 0 Å². The van der Waals surface area contributed by atoms with Gasteiger partial charge in [0.2, 0.25) is 15.9 Å². The first-order chi connectivity index (χ1) is 12.9. The van der Waals surface area contributed by atoms with Gasteiger partial charge in [0.05, 0.1) is 11.3 Å². The topological polar surface area (TPSA) is 69.7 Å². The van der Waals surface area contributed by atoms with E-state index >= 15 is 0 Å². The standard InChI is InChI=1S/C20H31N3O3S/c1-21-27(25,26)19-12-6-3-9-16(19)15-20(24)22(2)17-10-4-5-11-18(17)23-13-7-8-14-23/h3,6,9,12,17-18,21H,4-5,7-8,10-11,13-15H2,1-2H3/t17-,18-/m0/s1. The number of hydrogen-bond donors (Lipinski definition) is 1. The van der Waals surface area contributed by atoms with Crippen LogP contribution >= 0.6 is 0 Å². The summed E-state index contributed by atoms with van der Waals surface area (Å²) in [4.78, 5) is 17.6. The molecular formula is C20H31N3O3S. The second-order valence-corrected chi connectivity index (χ2v) is 9.51. The summed E-state index contributed by atoms with van der Waals surface area (Å²) >= 11 is 0. The van der Waals surface area contributed by atoms with Crippen molar-refractivity contribution in [1.29, 1.82) is 0 Å². The SMILES string of the molecule is CNS(=O)(=O)c1ccccc1CC(=O)N(C)[C@H]1CCCC[C@@H]1N1CCCC1. The van der Waals surface area contributed by atoms with Gasteiger partial charge < -0.3 is 4.90 Å². The number of carbonyl (C=O) groups excluding carboxylic acids is 1. The highest BCUT2D eigenvalue weighted by Crippen LogP contribution is 2.29. The summed E-state index contributed by atoms with van der Waals surface area (Å²) in [6, 6.07) is 7.41. The van der Waals surface area contributed by atoms with Crippen LogP contribution in [0.25, 0.3) is 0 Å². The maximum absolute atomic E-state index is 13.0. The molecule has 150 valence electrons. The molecule has 2 atom stereocenters. The lowest BCUT2D eigenvalue weighted by Gasteiger charge is -2.42. The van der Waals surface area contributed by atoms with Gasteiger partial charge in [-0.3, -0.25) is 9.69 Å². The van der Waals surface area contributed by atoms with Crippen LogP contribution in [-0.2, 0) is 21.2 Å². The van der Waals surface area contributed by atoms with Crippen molar-refractivity contribution in [3.63, 3.8) is 0 Å². The van der Waals surface area contributed by atoms with Crippen LogP contribution in [0.1, 0.15) is 44.1 Å². The van der Waals surface area contributed by atoms with E-state index in [-0.39, 0.29) is 23.3 Å². The summed E-state index contributed by atoms with van der Waals surface area (Å²) in [5.41, 5.74) is 0.553. The van der Waals surface area contributed by atoms with Crippen molar-refractivity contribution in [3.05, 3.63) is 29.8 Å². The Morgan fingerprint density at radius 3 is 2.52 bits per heavy atom. The number of likely N-dealkylation sites (tertiary alicyclic amines) is 1. The molecule has 7 heteroatoms. The van der Waals surface area contributed by atoms with Crippen LogP contribution in [0.2, 0.25) is 0 Å². The van der Waals surface area contributed by atoms with Gasteiger partial charge in [-0.15, -0.1) is 0 Å². The van der Waals surface area contributed by atoms with Gasteiger partial charge in [0, 0.05) is 19.1 Å². The number of amides is 1. The predicted octanol–water partition coefficient (Wildman–Crippen LogP) is 2.00.